The average Bonchev–Trinajstić information content (AvgIpc) is 3.38. The van der Waals surface area contributed by atoms with Crippen LogP contribution in [0.4, 0.5) is 5.69 Å². The number of carbonyl (C=O) groups is 1. The van der Waals surface area contributed by atoms with Crippen LogP contribution in [0, 0.1) is 0 Å². The monoisotopic (exact) mass is 506 g/mol. The number of anilines is 1. The van der Waals surface area contributed by atoms with Gasteiger partial charge >= 0.3 is 0 Å². The van der Waals surface area contributed by atoms with Crippen molar-refractivity contribution >= 4 is 17.3 Å². The highest BCUT2D eigenvalue weighted by Gasteiger charge is 2.33. The second kappa shape index (κ2) is 11.9. The Bertz CT molecular complexity index is 1060. The first-order chi connectivity index (χ1) is 18.0. The summed E-state index contributed by atoms with van der Waals surface area (Å²) >= 11 is 0. The number of likely N-dealkylation sites (tertiary alicyclic amines) is 1. The number of amides is 1. The van der Waals surface area contributed by atoms with Gasteiger partial charge in [0.25, 0.3) is 5.91 Å². The van der Waals surface area contributed by atoms with Crippen molar-refractivity contribution in [2.45, 2.75) is 51.4 Å². The number of benzene rings is 2. The number of para-hydroxylation sites is 3. The molecule has 0 aromatic heterocycles. The standard InChI is InChI=1S/C29H38N4O4/c1-22(2)35-28-11-7-6-10-27(28)32-18-16-31(17-19-32)21-25-20-26(30-37-25)29(34)33-14-12-24(13-15-33)36-23-8-4-3-5-9-23/h3-11,22,24-25H,12-21H2,1-2H3/t25-/m1/s1. The van der Waals surface area contributed by atoms with Crippen molar-refractivity contribution in [2.24, 2.45) is 5.16 Å². The third kappa shape index (κ3) is 6.55. The van der Waals surface area contributed by atoms with Gasteiger partial charge in [-0.05, 0) is 38.1 Å². The number of ether oxygens (including phenoxy) is 2. The third-order valence-corrected chi connectivity index (χ3v) is 7.16. The van der Waals surface area contributed by atoms with E-state index in [0.29, 0.717) is 25.2 Å². The van der Waals surface area contributed by atoms with Gasteiger partial charge in [0.1, 0.15) is 29.4 Å². The van der Waals surface area contributed by atoms with Gasteiger partial charge in [-0.25, -0.2) is 0 Å². The molecule has 3 heterocycles. The quantitative estimate of drug-likeness (QED) is 0.543. The highest BCUT2D eigenvalue weighted by molar-refractivity contribution is 6.39. The second-order valence-corrected chi connectivity index (χ2v) is 10.3. The summed E-state index contributed by atoms with van der Waals surface area (Å²) in [7, 11) is 0. The molecule has 198 valence electrons. The maximum absolute atomic E-state index is 13.1. The van der Waals surface area contributed by atoms with Crippen LogP contribution in [0.1, 0.15) is 33.1 Å². The molecule has 0 unspecified atom stereocenters. The maximum atomic E-state index is 13.1. The molecule has 2 aromatic carbocycles. The van der Waals surface area contributed by atoms with E-state index in [1.807, 2.05) is 47.4 Å². The van der Waals surface area contributed by atoms with Gasteiger partial charge in [-0.1, -0.05) is 35.5 Å². The van der Waals surface area contributed by atoms with Crippen molar-refractivity contribution in [3.63, 3.8) is 0 Å². The Morgan fingerprint density at radius 3 is 2.41 bits per heavy atom. The molecule has 0 bridgehead atoms. The highest BCUT2D eigenvalue weighted by Crippen LogP contribution is 2.30. The van der Waals surface area contributed by atoms with Crippen LogP contribution in [0.15, 0.2) is 59.8 Å². The largest absolute Gasteiger partial charge is 0.490 e. The summed E-state index contributed by atoms with van der Waals surface area (Å²) in [5.74, 6) is 1.84. The molecule has 8 heteroatoms. The SMILES string of the molecule is CC(C)Oc1ccccc1N1CCN(C[C@H]2CC(C(=O)N3CCC(Oc4ccccc4)CC3)=NO2)CC1. The lowest BCUT2D eigenvalue weighted by molar-refractivity contribution is -0.125. The number of oxime groups is 1. The maximum Gasteiger partial charge on any atom is 0.271 e. The zero-order valence-corrected chi connectivity index (χ0v) is 21.9. The number of piperidine rings is 1. The van der Waals surface area contributed by atoms with Crippen LogP contribution in [-0.2, 0) is 9.63 Å². The lowest BCUT2D eigenvalue weighted by Crippen LogP contribution is -2.49. The van der Waals surface area contributed by atoms with Gasteiger partial charge in [0.05, 0.1) is 11.8 Å². The zero-order valence-electron chi connectivity index (χ0n) is 21.9. The molecule has 0 saturated carbocycles. The number of rotatable bonds is 8. The topological polar surface area (TPSA) is 66.8 Å². The fraction of sp³-hybridized carbons (Fsp3) is 0.517. The first-order valence-electron chi connectivity index (χ1n) is 13.5. The van der Waals surface area contributed by atoms with E-state index < -0.39 is 0 Å². The van der Waals surface area contributed by atoms with Crippen LogP contribution in [-0.4, -0.2) is 85.5 Å². The van der Waals surface area contributed by atoms with Crippen molar-refractivity contribution in [3.8, 4) is 11.5 Å². The Morgan fingerprint density at radius 1 is 0.973 bits per heavy atom. The van der Waals surface area contributed by atoms with Crippen LogP contribution >= 0.6 is 0 Å². The molecule has 0 aliphatic carbocycles. The first kappa shape index (κ1) is 25.4. The molecule has 8 nitrogen and oxygen atoms in total. The van der Waals surface area contributed by atoms with Gasteiger partial charge in [-0.2, -0.15) is 0 Å². The van der Waals surface area contributed by atoms with E-state index in [0.717, 1.165) is 62.8 Å². The number of hydrogen-bond donors (Lipinski definition) is 0. The molecular weight excluding hydrogens is 468 g/mol. The fourth-order valence-electron chi connectivity index (χ4n) is 5.23. The summed E-state index contributed by atoms with van der Waals surface area (Å²) in [5, 5.41) is 4.19. The molecule has 0 N–H and O–H groups in total. The lowest BCUT2D eigenvalue weighted by atomic mass is 10.1. The van der Waals surface area contributed by atoms with Crippen LogP contribution in [0.5, 0.6) is 11.5 Å². The third-order valence-electron chi connectivity index (χ3n) is 7.16. The molecule has 2 aromatic rings. The van der Waals surface area contributed by atoms with Gasteiger partial charge in [0, 0.05) is 65.1 Å². The van der Waals surface area contributed by atoms with E-state index in [2.05, 4.69) is 40.9 Å². The van der Waals surface area contributed by atoms with Gasteiger partial charge in [0.2, 0.25) is 0 Å². The molecule has 2 fully saturated rings. The van der Waals surface area contributed by atoms with Crippen molar-refractivity contribution in [3.05, 3.63) is 54.6 Å². The minimum absolute atomic E-state index is 0.00670. The van der Waals surface area contributed by atoms with E-state index >= 15 is 0 Å². The Labute approximate surface area is 219 Å². The van der Waals surface area contributed by atoms with E-state index in [9.17, 15) is 4.79 Å². The lowest BCUT2D eigenvalue weighted by Gasteiger charge is -2.37. The molecule has 1 amide bonds. The van der Waals surface area contributed by atoms with E-state index in [4.69, 9.17) is 14.3 Å². The molecule has 1 atom stereocenters. The predicted octanol–water partition coefficient (Wildman–Crippen LogP) is 3.81. The van der Waals surface area contributed by atoms with Crippen LogP contribution < -0.4 is 14.4 Å². The Kier molecular flexibility index (Phi) is 8.14. The Hall–Kier alpha value is -3.26. The Morgan fingerprint density at radius 2 is 1.68 bits per heavy atom. The molecule has 5 rings (SSSR count). The summed E-state index contributed by atoms with van der Waals surface area (Å²) in [5.41, 5.74) is 1.70. The van der Waals surface area contributed by atoms with Crippen LogP contribution in [0.25, 0.3) is 0 Å². The summed E-state index contributed by atoms with van der Waals surface area (Å²) in [6.07, 6.45) is 2.45. The van der Waals surface area contributed by atoms with E-state index in [1.54, 1.807) is 0 Å². The van der Waals surface area contributed by atoms with Gasteiger partial charge in [-0.15, -0.1) is 0 Å². The molecule has 3 aliphatic rings. The molecule has 2 saturated heterocycles. The van der Waals surface area contributed by atoms with Gasteiger partial charge in [-0.3, -0.25) is 9.69 Å². The zero-order chi connectivity index (χ0) is 25.6. The summed E-state index contributed by atoms with van der Waals surface area (Å²) < 4.78 is 12.1. The first-order valence-corrected chi connectivity index (χ1v) is 13.5. The molecule has 37 heavy (non-hydrogen) atoms. The molecule has 3 aliphatic heterocycles. The molecule has 0 spiro atoms. The van der Waals surface area contributed by atoms with Crippen molar-refractivity contribution in [1.29, 1.82) is 0 Å². The van der Waals surface area contributed by atoms with Crippen LogP contribution in [0.2, 0.25) is 0 Å². The molecular formula is C29H38N4O4. The Balaban J connectivity index is 1.04. The fourth-order valence-corrected chi connectivity index (χ4v) is 5.23. The smallest absolute Gasteiger partial charge is 0.271 e. The summed E-state index contributed by atoms with van der Waals surface area (Å²) in [6.45, 7) is 10.00. The van der Waals surface area contributed by atoms with Crippen molar-refractivity contribution in [1.82, 2.24) is 9.80 Å². The number of nitrogens with zero attached hydrogens (tertiary/aromatic N) is 4. The number of piperazine rings is 1. The van der Waals surface area contributed by atoms with E-state index in [-0.39, 0.29) is 24.2 Å². The highest BCUT2D eigenvalue weighted by atomic mass is 16.6. The van der Waals surface area contributed by atoms with Crippen LogP contribution in [0.3, 0.4) is 0 Å². The van der Waals surface area contributed by atoms with Gasteiger partial charge < -0.3 is 24.1 Å². The number of hydrogen-bond acceptors (Lipinski definition) is 7. The molecule has 0 radical (unpaired) electrons. The number of carbonyl (C=O) groups excluding carboxylic acids is 1. The normalized spacial score (nSPS) is 21.1. The summed E-state index contributed by atoms with van der Waals surface area (Å²) in [6, 6.07) is 18.2. The minimum atomic E-state index is -0.0685. The van der Waals surface area contributed by atoms with Crippen molar-refractivity contribution < 1.29 is 19.1 Å². The predicted molar refractivity (Wildman–Crippen MR) is 144 cm³/mol. The van der Waals surface area contributed by atoms with E-state index in [1.165, 1.54) is 0 Å². The minimum Gasteiger partial charge on any atom is -0.490 e. The summed E-state index contributed by atoms with van der Waals surface area (Å²) in [4.78, 5) is 25.4. The second-order valence-electron chi connectivity index (χ2n) is 10.3. The van der Waals surface area contributed by atoms with Crippen molar-refractivity contribution in [2.75, 3.05) is 50.7 Å². The average molecular weight is 507 g/mol. The van der Waals surface area contributed by atoms with Gasteiger partial charge in [0.15, 0.2) is 0 Å².